The number of nitrogens with zero attached hydrogens (tertiary/aromatic N) is 2. The Balaban J connectivity index is 3.20. The van der Waals surface area contributed by atoms with Crippen molar-refractivity contribution in [3.63, 3.8) is 0 Å². The molecule has 0 aliphatic rings. The molecule has 1 aromatic heterocycles. The van der Waals surface area contributed by atoms with Crippen molar-refractivity contribution in [2.45, 2.75) is 6.92 Å². The summed E-state index contributed by atoms with van der Waals surface area (Å²) in [7, 11) is 0. The number of nitrogen functional groups attached to an aromatic ring is 2. The monoisotopic (exact) mass is 174 g/mol. The van der Waals surface area contributed by atoms with Gasteiger partial charge in [0.05, 0.1) is 11.8 Å². The van der Waals surface area contributed by atoms with Gasteiger partial charge in [-0.1, -0.05) is 0 Å². The zero-order chi connectivity index (χ0) is 9.84. The van der Waals surface area contributed by atoms with Crippen molar-refractivity contribution in [3.05, 3.63) is 23.4 Å². The fraction of sp³-hybridized carbons (Fsp3) is 0.111. The van der Waals surface area contributed by atoms with Gasteiger partial charge in [-0.15, -0.1) is 0 Å². The molecule has 0 aliphatic carbocycles. The highest BCUT2D eigenvalue weighted by molar-refractivity contribution is 5.70. The third-order valence-electron chi connectivity index (χ3n) is 1.79. The van der Waals surface area contributed by atoms with Crippen LogP contribution < -0.4 is 11.5 Å². The highest BCUT2D eigenvalue weighted by atomic mass is 14.9. The molecule has 0 saturated heterocycles. The first-order valence-corrected chi connectivity index (χ1v) is 3.73. The summed E-state index contributed by atoms with van der Waals surface area (Å²) in [5.41, 5.74) is 13.3. The fourth-order valence-corrected chi connectivity index (χ4v) is 0.948. The molecule has 0 aliphatic heterocycles. The first-order valence-electron chi connectivity index (χ1n) is 3.73. The molecule has 0 fully saturated rings. The van der Waals surface area contributed by atoms with Gasteiger partial charge >= 0.3 is 0 Å². The Morgan fingerprint density at radius 3 is 2.85 bits per heavy atom. The maximum absolute atomic E-state index is 8.33. The number of allylic oxidation sites excluding steroid dienone is 1. The molecule has 4 N–H and O–H groups in total. The van der Waals surface area contributed by atoms with Crippen LogP contribution in [0.1, 0.15) is 11.1 Å². The van der Waals surface area contributed by atoms with Crippen LogP contribution in [0.5, 0.6) is 0 Å². The second kappa shape index (κ2) is 3.59. The van der Waals surface area contributed by atoms with Gasteiger partial charge in [-0.3, -0.25) is 0 Å². The van der Waals surface area contributed by atoms with E-state index in [-0.39, 0.29) is 0 Å². The summed E-state index contributed by atoms with van der Waals surface area (Å²) in [5.74, 6) is 0.326. The molecule has 4 heteroatoms. The number of rotatable bonds is 1. The highest BCUT2D eigenvalue weighted by Crippen LogP contribution is 2.20. The molecule has 1 aromatic rings. The minimum Gasteiger partial charge on any atom is -0.396 e. The lowest BCUT2D eigenvalue weighted by molar-refractivity contribution is 1.28. The van der Waals surface area contributed by atoms with Crippen molar-refractivity contribution in [1.29, 1.82) is 5.26 Å². The van der Waals surface area contributed by atoms with E-state index in [2.05, 4.69) is 4.98 Å². The Bertz CT molecular complexity index is 387. The fourth-order valence-electron chi connectivity index (χ4n) is 0.948. The van der Waals surface area contributed by atoms with Crippen molar-refractivity contribution in [2.24, 2.45) is 0 Å². The van der Waals surface area contributed by atoms with Crippen LogP contribution >= 0.6 is 0 Å². The molecule has 0 amide bonds. The van der Waals surface area contributed by atoms with Crippen molar-refractivity contribution in [3.8, 4) is 6.07 Å². The Morgan fingerprint density at radius 2 is 2.23 bits per heavy atom. The van der Waals surface area contributed by atoms with E-state index in [1.165, 1.54) is 6.08 Å². The Hall–Kier alpha value is -2.02. The molecule has 66 valence electrons. The zero-order valence-electron chi connectivity index (χ0n) is 7.28. The van der Waals surface area contributed by atoms with Crippen LogP contribution in [0.2, 0.25) is 0 Å². The Kier molecular flexibility index (Phi) is 2.50. The predicted molar refractivity (Wildman–Crippen MR) is 52.4 cm³/mol. The van der Waals surface area contributed by atoms with Crippen LogP contribution in [0, 0.1) is 18.3 Å². The molecule has 0 atom stereocenters. The third kappa shape index (κ3) is 1.76. The van der Waals surface area contributed by atoms with Gasteiger partial charge in [0.15, 0.2) is 0 Å². The van der Waals surface area contributed by atoms with E-state index in [1.807, 2.05) is 13.0 Å². The minimum atomic E-state index is 0.326. The lowest BCUT2D eigenvalue weighted by atomic mass is 10.1. The van der Waals surface area contributed by atoms with Crippen molar-refractivity contribution >= 4 is 17.6 Å². The van der Waals surface area contributed by atoms with E-state index in [9.17, 15) is 0 Å². The largest absolute Gasteiger partial charge is 0.396 e. The maximum atomic E-state index is 8.33. The molecule has 13 heavy (non-hydrogen) atoms. The Morgan fingerprint density at radius 1 is 1.54 bits per heavy atom. The summed E-state index contributed by atoms with van der Waals surface area (Å²) >= 11 is 0. The van der Waals surface area contributed by atoms with Gasteiger partial charge in [-0.2, -0.15) is 5.26 Å². The van der Waals surface area contributed by atoms with Gasteiger partial charge in [0.1, 0.15) is 5.82 Å². The average Bonchev–Trinajstić information content (AvgIpc) is 2.13. The van der Waals surface area contributed by atoms with Crippen LogP contribution in [-0.2, 0) is 0 Å². The third-order valence-corrected chi connectivity index (χ3v) is 1.79. The minimum absolute atomic E-state index is 0.326. The van der Waals surface area contributed by atoms with E-state index in [4.69, 9.17) is 16.7 Å². The predicted octanol–water partition coefficient (Wildman–Crippen LogP) is 1.09. The number of anilines is 2. The van der Waals surface area contributed by atoms with Crippen LogP contribution in [0.15, 0.2) is 12.3 Å². The van der Waals surface area contributed by atoms with Gasteiger partial charge in [0.25, 0.3) is 0 Å². The molecule has 0 radical (unpaired) electrons. The summed E-state index contributed by atoms with van der Waals surface area (Å²) in [6, 6.07) is 1.90. The van der Waals surface area contributed by atoms with Gasteiger partial charge in [0.2, 0.25) is 0 Å². The number of hydrogen-bond donors (Lipinski definition) is 2. The smallest absolute Gasteiger partial charge is 0.146 e. The number of nitrogens with two attached hydrogens (primary N) is 2. The van der Waals surface area contributed by atoms with Gasteiger partial charge < -0.3 is 11.5 Å². The van der Waals surface area contributed by atoms with Crippen LogP contribution in [-0.4, -0.2) is 4.98 Å². The summed E-state index contributed by atoms with van der Waals surface area (Å²) in [6.07, 6.45) is 4.62. The summed E-state index contributed by atoms with van der Waals surface area (Å²) in [5, 5.41) is 8.33. The quantitative estimate of drug-likeness (QED) is 0.624. The average molecular weight is 174 g/mol. The van der Waals surface area contributed by atoms with E-state index >= 15 is 0 Å². The first-order chi connectivity index (χ1) is 6.16. The van der Waals surface area contributed by atoms with E-state index in [0.29, 0.717) is 11.5 Å². The molecule has 0 spiro atoms. The topological polar surface area (TPSA) is 88.7 Å². The maximum Gasteiger partial charge on any atom is 0.146 e. The normalized spacial score (nSPS) is 10.2. The molecule has 0 saturated carbocycles. The number of aromatic nitrogens is 1. The highest BCUT2D eigenvalue weighted by Gasteiger charge is 2.02. The second-order valence-electron chi connectivity index (χ2n) is 2.60. The van der Waals surface area contributed by atoms with E-state index < -0.39 is 0 Å². The number of nitriles is 1. The first kappa shape index (κ1) is 9.07. The molecule has 0 unspecified atom stereocenters. The van der Waals surface area contributed by atoms with Gasteiger partial charge in [-0.05, 0) is 24.1 Å². The molecular weight excluding hydrogens is 164 g/mol. The molecule has 4 nitrogen and oxygen atoms in total. The van der Waals surface area contributed by atoms with Crippen molar-refractivity contribution in [2.75, 3.05) is 11.5 Å². The van der Waals surface area contributed by atoms with E-state index in [0.717, 1.165) is 11.1 Å². The summed E-state index contributed by atoms with van der Waals surface area (Å²) in [6.45, 7) is 1.84. The van der Waals surface area contributed by atoms with Crippen molar-refractivity contribution < 1.29 is 0 Å². The molecule has 0 aromatic carbocycles. The Labute approximate surface area is 76.5 Å². The number of pyridine rings is 1. The second-order valence-corrected chi connectivity index (χ2v) is 2.60. The molecular formula is C9H10N4. The van der Waals surface area contributed by atoms with Gasteiger partial charge in [0, 0.05) is 12.3 Å². The van der Waals surface area contributed by atoms with Crippen LogP contribution in [0.25, 0.3) is 6.08 Å². The van der Waals surface area contributed by atoms with Crippen LogP contribution in [0.4, 0.5) is 11.5 Å². The number of hydrogen-bond acceptors (Lipinski definition) is 4. The van der Waals surface area contributed by atoms with Crippen LogP contribution in [0.3, 0.4) is 0 Å². The SMILES string of the molecule is Cc1c(C=CC#N)cnc(N)c1N. The van der Waals surface area contributed by atoms with Gasteiger partial charge in [-0.25, -0.2) is 4.98 Å². The molecule has 1 heterocycles. The summed E-state index contributed by atoms with van der Waals surface area (Å²) in [4.78, 5) is 3.88. The molecule has 1 rings (SSSR count). The molecule has 0 bridgehead atoms. The lowest BCUT2D eigenvalue weighted by Crippen LogP contribution is -2.01. The zero-order valence-corrected chi connectivity index (χ0v) is 7.28. The van der Waals surface area contributed by atoms with E-state index in [1.54, 1.807) is 12.3 Å². The summed E-state index contributed by atoms with van der Waals surface area (Å²) < 4.78 is 0. The van der Waals surface area contributed by atoms with Crippen molar-refractivity contribution in [1.82, 2.24) is 4.98 Å². The lowest BCUT2D eigenvalue weighted by Gasteiger charge is -2.05. The standard InChI is InChI=1S/C9H10N4/c1-6-7(3-2-4-10)5-13-9(12)8(6)11/h2-3,5H,11H2,1H3,(H2,12,13).